The number of aromatic nitrogens is 1. The summed E-state index contributed by atoms with van der Waals surface area (Å²) in [6, 6.07) is 13.7. The van der Waals surface area contributed by atoms with Crippen LogP contribution in [0.25, 0.3) is 10.2 Å². The molecular formula is C19H21BrClN3OS2. The van der Waals surface area contributed by atoms with Gasteiger partial charge in [-0.2, -0.15) is 0 Å². The Morgan fingerprint density at radius 3 is 2.56 bits per heavy atom. The van der Waals surface area contributed by atoms with Crippen molar-refractivity contribution in [2.24, 2.45) is 0 Å². The van der Waals surface area contributed by atoms with Crippen LogP contribution in [0, 0.1) is 0 Å². The quantitative estimate of drug-likeness (QED) is 0.436. The van der Waals surface area contributed by atoms with E-state index in [0.29, 0.717) is 12.1 Å². The molecule has 0 aliphatic rings. The third-order valence-electron chi connectivity index (χ3n) is 3.94. The van der Waals surface area contributed by atoms with Crippen molar-refractivity contribution in [3.05, 3.63) is 52.5 Å². The Hall–Kier alpha value is -1.12. The van der Waals surface area contributed by atoms with E-state index in [4.69, 9.17) is 4.98 Å². The molecule has 0 unspecified atom stereocenters. The van der Waals surface area contributed by atoms with E-state index in [1.165, 1.54) is 0 Å². The maximum atomic E-state index is 13.2. The third-order valence-corrected chi connectivity index (χ3v) is 6.45. The van der Waals surface area contributed by atoms with Crippen molar-refractivity contribution in [1.82, 2.24) is 9.88 Å². The van der Waals surface area contributed by atoms with Crippen LogP contribution in [0.5, 0.6) is 0 Å². The normalized spacial score (nSPS) is 10.9. The van der Waals surface area contributed by atoms with Crippen LogP contribution in [0.4, 0.5) is 5.13 Å². The number of fused-ring (bicyclic) bond motifs is 1. The number of thiazole rings is 1. The van der Waals surface area contributed by atoms with E-state index in [1.54, 1.807) is 28.0 Å². The molecule has 144 valence electrons. The zero-order chi connectivity index (χ0) is 18.7. The maximum Gasteiger partial charge on any atom is 0.261 e. The second-order valence-electron chi connectivity index (χ2n) is 6.04. The first-order chi connectivity index (χ1) is 12.5. The first kappa shape index (κ1) is 22.2. The number of carbonyl (C=O) groups is 1. The predicted molar refractivity (Wildman–Crippen MR) is 123 cm³/mol. The van der Waals surface area contributed by atoms with E-state index in [2.05, 4.69) is 33.0 Å². The van der Waals surface area contributed by atoms with E-state index >= 15 is 0 Å². The van der Waals surface area contributed by atoms with Gasteiger partial charge in [0.15, 0.2) is 5.13 Å². The van der Waals surface area contributed by atoms with Crippen LogP contribution in [-0.4, -0.2) is 49.2 Å². The molecule has 1 aromatic heterocycles. The van der Waals surface area contributed by atoms with Crippen molar-refractivity contribution >= 4 is 72.7 Å². The smallest absolute Gasteiger partial charge is 0.261 e. The molecule has 3 rings (SSSR count). The van der Waals surface area contributed by atoms with Gasteiger partial charge in [-0.25, -0.2) is 4.98 Å². The van der Waals surface area contributed by atoms with Gasteiger partial charge < -0.3 is 4.90 Å². The standard InChI is InChI=1S/C19H20BrN3OS2.ClH/c1-22(2)11-12-23(18(24)13-7-4-5-8-14(13)20)19-21-17-15(25-3)9-6-10-16(17)26-19;/h4-10H,11-12H2,1-3H3;1H. The Morgan fingerprint density at radius 2 is 1.89 bits per heavy atom. The van der Waals surface area contributed by atoms with Gasteiger partial charge in [0.1, 0.15) is 0 Å². The minimum atomic E-state index is -0.0379. The van der Waals surface area contributed by atoms with Crippen molar-refractivity contribution in [2.75, 3.05) is 38.3 Å². The number of thioether (sulfide) groups is 1. The largest absolute Gasteiger partial charge is 0.308 e. The van der Waals surface area contributed by atoms with Crippen molar-refractivity contribution in [2.45, 2.75) is 4.90 Å². The number of halogens is 2. The van der Waals surface area contributed by atoms with Gasteiger partial charge in [-0.3, -0.25) is 9.69 Å². The summed E-state index contributed by atoms with van der Waals surface area (Å²) in [5.41, 5.74) is 1.62. The number of benzene rings is 2. The SMILES string of the molecule is CSc1cccc2sc(N(CCN(C)C)C(=O)c3ccccc3Br)nc12.Cl. The number of nitrogens with zero attached hydrogens (tertiary/aromatic N) is 3. The zero-order valence-corrected chi connectivity index (χ0v) is 19.3. The minimum absolute atomic E-state index is 0. The van der Waals surface area contributed by atoms with Crippen molar-refractivity contribution in [3.8, 4) is 0 Å². The third kappa shape index (κ3) is 5.03. The molecule has 2 aromatic carbocycles. The molecule has 1 heterocycles. The zero-order valence-electron chi connectivity index (χ0n) is 15.3. The molecule has 0 aliphatic carbocycles. The van der Waals surface area contributed by atoms with Crippen LogP contribution in [0.15, 0.2) is 51.8 Å². The summed E-state index contributed by atoms with van der Waals surface area (Å²) in [7, 11) is 4.01. The fourth-order valence-corrected chi connectivity index (χ4v) is 4.66. The number of likely N-dealkylation sites (N-methyl/N-ethyl adjacent to an activating group) is 1. The van der Waals surface area contributed by atoms with E-state index in [0.717, 1.165) is 31.3 Å². The fourth-order valence-electron chi connectivity index (χ4n) is 2.56. The number of hydrogen-bond acceptors (Lipinski definition) is 5. The van der Waals surface area contributed by atoms with Crippen LogP contribution in [0.3, 0.4) is 0 Å². The second kappa shape index (κ2) is 9.89. The first-order valence-electron chi connectivity index (χ1n) is 8.16. The van der Waals surface area contributed by atoms with Gasteiger partial charge in [-0.05, 0) is 60.5 Å². The Balaban J connectivity index is 0.00000261. The number of para-hydroxylation sites is 1. The van der Waals surface area contributed by atoms with Crippen LogP contribution in [0.1, 0.15) is 10.4 Å². The minimum Gasteiger partial charge on any atom is -0.308 e. The van der Waals surface area contributed by atoms with Crippen molar-refractivity contribution < 1.29 is 4.79 Å². The van der Waals surface area contributed by atoms with Crippen LogP contribution < -0.4 is 4.90 Å². The lowest BCUT2D eigenvalue weighted by molar-refractivity contribution is 0.0984. The summed E-state index contributed by atoms with van der Waals surface area (Å²) in [5, 5.41) is 0.740. The monoisotopic (exact) mass is 485 g/mol. The number of anilines is 1. The molecule has 8 heteroatoms. The summed E-state index contributed by atoms with van der Waals surface area (Å²) < 4.78 is 1.90. The molecule has 0 saturated carbocycles. The highest BCUT2D eigenvalue weighted by Gasteiger charge is 2.23. The van der Waals surface area contributed by atoms with Gasteiger partial charge >= 0.3 is 0 Å². The van der Waals surface area contributed by atoms with Crippen LogP contribution in [0.2, 0.25) is 0 Å². The van der Waals surface area contributed by atoms with Gasteiger partial charge in [-0.1, -0.05) is 29.5 Å². The predicted octanol–water partition coefficient (Wildman–Crippen LogP) is 5.41. The van der Waals surface area contributed by atoms with Gasteiger partial charge in [0.25, 0.3) is 5.91 Å². The molecule has 0 N–H and O–H groups in total. The number of carbonyl (C=O) groups excluding carboxylic acids is 1. The molecular weight excluding hydrogens is 466 g/mol. The van der Waals surface area contributed by atoms with E-state index < -0.39 is 0 Å². The lowest BCUT2D eigenvalue weighted by atomic mass is 10.2. The lowest BCUT2D eigenvalue weighted by Gasteiger charge is -2.22. The summed E-state index contributed by atoms with van der Waals surface area (Å²) in [4.78, 5) is 23.0. The summed E-state index contributed by atoms with van der Waals surface area (Å²) in [5.74, 6) is -0.0379. The molecule has 1 amide bonds. The lowest BCUT2D eigenvalue weighted by Crippen LogP contribution is -2.36. The molecule has 0 aliphatic heterocycles. The highest BCUT2D eigenvalue weighted by Crippen LogP contribution is 2.35. The Kier molecular flexibility index (Phi) is 8.12. The molecule has 0 atom stereocenters. The molecule has 0 fully saturated rings. The number of hydrogen-bond donors (Lipinski definition) is 0. The van der Waals surface area contributed by atoms with E-state index in [1.807, 2.05) is 50.7 Å². The van der Waals surface area contributed by atoms with Crippen molar-refractivity contribution in [1.29, 1.82) is 0 Å². The molecule has 0 saturated heterocycles. The second-order valence-corrected chi connectivity index (χ2v) is 8.75. The van der Waals surface area contributed by atoms with E-state index in [9.17, 15) is 4.79 Å². The molecule has 3 aromatic rings. The van der Waals surface area contributed by atoms with Crippen molar-refractivity contribution in [3.63, 3.8) is 0 Å². The summed E-state index contributed by atoms with van der Waals surface area (Å²) in [6.07, 6.45) is 2.05. The van der Waals surface area contributed by atoms with Crippen LogP contribution in [-0.2, 0) is 0 Å². The number of amides is 1. The van der Waals surface area contributed by atoms with Gasteiger partial charge in [0.2, 0.25) is 0 Å². The summed E-state index contributed by atoms with van der Waals surface area (Å²) in [6.45, 7) is 1.35. The van der Waals surface area contributed by atoms with E-state index in [-0.39, 0.29) is 18.3 Å². The molecule has 0 spiro atoms. The topological polar surface area (TPSA) is 36.4 Å². The number of rotatable bonds is 6. The average Bonchev–Trinajstić information content (AvgIpc) is 3.05. The summed E-state index contributed by atoms with van der Waals surface area (Å²) >= 11 is 6.73. The molecule has 0 radical (unpaired) electrons. The maximum absolute atomic E-state index is 13.2. The Morgan fingerprint density at radius 1 is 1.15 bits per heavy atom. The van der Waals surface area contributed by atoms with Crippen LogP contribution >= 0.6 is 51.4 Å². The highest BCUT2D eigenvalue weighted by atomic mass is 79.9. The fraction of sp³-hybridized carbons (Fsp3) is 0.263. The van der Waals surface area contributed by atoms with Gasteiger partial charge in [0.05, 0.1) is 15.8 Å². The van der Waals surface area contributed by atoms with Gasteiger partial charge in [0, 0.05) is 22.5 Å². The highest BCUT2D eigenvalue weighted by molar-refractivity contribution is 9.10. The van der Waals surface area contributed by atoms with Gasteiger partial charge in [-0.15, -0.1) is 24.2 Å². The average molecular weight is 487 g/mol. The molecule has 27 heavy (non-hydrogen) atoms. The Bertz CT molecular complexity index is 932. The molecule has 4 nitrogen and oxygen atoms in total. The first-order valence-corrected chi connectivity index (χ1v) is 11.0. The molecule has 0 bridgehead atoms. The Labute approximate surface area is 182 Å².